The van der Waals surface area contributed by atoms with E-state index in [4.69, 9.17) is 0 Å². The predicted octanol–water partition coefficient (Wildman–Crippen LogP) is 2.96. The van der Waals surface area contributed by atoms with Gasteiger partial charge in [-0.15, -0.1) is 0 Å². The summed E-state index contributed by atoms with van der Waals surface area (Å²) in [5.41, 5.74) is 1.55. The van der Waals surface area contributed by atoms with Gasteiger partial charge in [-0.2, -0.15) is 4.31 Å². The van der Waals surface area contributed by atoms with Crippen LogP contribution in [0.25, 0.3) is 0 Å². The molecule has 0 aromatic heterocycles. The standard InChI is InChI=1S/C20H24N2O3S/c1-21(2)20(23)17-10-6-12-19(14-17)26(24,25)22-13-7-11-18(15-22)16-8-4-3-5-9-16/h3-6,8-10,12,14,18H,7,11,13,15H2,1-2H3/t18-/m0/s1. The molecule has 1 amide bonds. The van der Waals surface area contributed by atoms with Crippen LogP contribution in [0.5, 0.6) is 0 Å². The molecule has 1 aliphatic heterocycles. The highest BCUT2D eigenvalue weighted by Gasteiger charge is 2.31. The largest absolute Gasteiger partial charge is 0.345 e. The van der Waals surface area contributed by atoms with Crippen LogP contribution < -0.4 is 0 Å². The number of carbonyl (C=O) groups is 1. The number of hydrogen-bond donors (Lipinski definition) is 0. The monoisotopic (exact) mass is 372 g/mol. The first-order valence-corrected chi connectivity index (χ1v) is 10.2. The number of carbonyl (C=O) groups excluding carboxylic acids is 1. The minimum atomic E-state index is -3.62. The van der Waals surface area contributed by atoms with E-state index in [9.17, 15) is 13.2 Å². The van der Waals surface area contributed by atoms with Gasteiger partial charge in [0.25, 0.3) is 5.91 Å². The molecule has 2 aromatic rings. The van der Waals surface area contributed by atoms with Crippen LogP contribution in [0.4, 0.5) is 0 Å². The van der Waals surface area contributed by atoms with Crippen LogP contribution in [-0.2, 0) is 10.0 Å². The quantitative estimate of drug-likeness (QED) is 0.829. The summed E-state index contributed by atoms with van der Waals surface area (Å²) < 4.78 is 27.8. The van der Waals surface area contributed by atoms with Gasteiger partial charge in [0.15, 0.2) is 0 Å². The summed E-state index contributed by atoms with van der Waals surface area (Å²) in [5, 5.41) is 0. The maximum Gasteiger partial charge on any atom is 0.253 e. The molecule has 1 heterocycles. The summed E-state index contributed by atoms with van der Waals surface area (Å²) in [4.78, 5) is 13.8. The Bertz CT molecular complexity index is 879. The molecule has 1 atom stereocenters. The Labute approximate surface area is 155 Å². The van der Waals surface area contributed by atoms with E-state index in [1.54, 1.807) is 36.6 Å². The molecular weight excluding hydrogens is 348 g/mol. The van der Waals surface area contributed by atoms with Crippen LogP contribution in [0.1, 0.15) is 34.7 Å². The van der Waals surface area contributed by atoms with Crippen molar-refractivity contribution < 1.29 is 13.2 Å². The van der Waals surface area contributed by atoms with E-state index in [-0.39, 0.29) is 16.7 Å². The van der Waals surface area contributed by atoms with Crippen molar-refractivity contribution in [3.05, 3.63) is 65.7 Å². The summed E-state index contributed by atoms with van der Waals surface area (Å²) in [6, 6.07) is 16.4. The van der Waals surface area contributed by atoms with Crippen LogP contribution in [0.15, 0.2) is 59.5 Å². The van der Waals surface area contributed by atoms with Gasteiger partial charge in [-0.3, -0.25) is 4.79 Å². The number of benzene rings is 2. The van der Waals surface area contributed by atoms with Gasteiger partial charge in [0.2, 0.25) is 10.0 Å². The van der Waals surface area contributed by atoms with E-state index in [2.05, 4.69) is 12.1 Å². The third-order valence-electron chi connectivity index (χ3n) is 4.78. The fourth-order valence-corrected chi connectivity index (χ4v) is 4.93. The van der Waals surface area contributed by atoms with Crippen molar-refractivity contribution in [1.82, 2.24) is 9.21 Å². The van der Waals surface area contributed by atoms with E-state index in [0.29, 0.717) is 18.7 Å². The van der Waals surface area contributed by atoms with Crippen LogP contribution in [0.2, 0.25) is 0 Å². The highest BCUT2D eigenvalue weighted by molar-refractivity contribution is 7.89. The van der Waals surface area contributed by atoms with Gasteiger partial charge in [-0.25, -0.2) is 8.42 Å². The number of amides is 1. The molecule has 0 N–H and O–H groups in total. The molecule has 0 aliphatic carbocycles. The number of rotatable bonds is 4. The smallest absolute Gasteiger partial charge is 0.253 e. The topological polar surface area (TPSA) is 57.7 Å². The minimum Gasteiger partial charge on any atom is -0.345 e. The van der Waals surface area contributed by atoms with Gasteiger partial charge in [0.1, 0.15) is 0 Å². The third-order valence-corrected chi connectivity index (χ3v) is 6.64. The first kappa shape index (κ1) is 18.6. The van der Waals surface area contributed by atoms with Crippen molar-refractivity contribution in [3.63, 3.8) is 0 Å². The SMILES string of the molecule is CN(C)C(=O)c1cccc(S(=O)(=O)N2CCC[C@H](c3ccccc3)C2)c1. The predicted molar refractivity (Wildman–Crippen MR) is 102 cm³/mol. The lowest BCUT2D eigenvalue weighted by Gasteiger charge is -2.32. The van der Waals surface area contributed by atoms with E-state index in [0.717, 1.165) is 12.8 Å². The van der Waals surface area contributed by atoms with Gasteiger partial charge in [-0.1, -0.05) is 36.4 Å². The maximum atomic E-state index is 13.1. The summed E-state index contributed by atoms with van der Waals surface area (Å²) >= 11 is 0. The fraction of sp³-hybridized carbons (Fsp3) is 0.350. The van der Waals surface area contributed by atoms with Crippen LogP contribution in [-0.4, -0.2) is 50.7 Å². The summed E-state index contributed by atoms with van der Waals surface area (Å²) in [6.07, 6.45) is 1.81. The summed E-state index contributed by atoms with van der Waals surface area (Å²) in [7, 11) is -0.319. The van der Waals surface area contributed by atoms with Crippen molar-refractivity contribution in [2.45, 2.75) is 23.7 Å². The number of sulfonamides is 1. The second-order valence-electron chi connectivity index (χ2n) is 6.84. The average Bonchev–Trinajstić information content (AvgIpc) is 2.68. The molecule has 138 valence electrons. The molecule has 1 aliphatic rings. The molecule has 0 radical (unpaired) electrons. The van der Waals surface area contributed by atoms with Crippen molar-refractivity contribution in [1.29, 1.82) is 0 Å². The fourth-order valence-electron chi connectivity index (χ4n) is 3.35. The van der Waals surface area contributed by atoms with E-state index in [1.807, 2.05) is 18.2 Å². The highest BCUT2D eigenvalue weighted by atomic mass is 32.2. The lowest BCUT2D eigenvalue weighted by atomic mass is 9.92. The zero-order chi connectivity index (χ0) is 18.7. The lowest BCUT2D eigenvalue weighted by Crippen LogP contribution is -2.39. The normalized spacial score (nSPS) is 18.5. The molecular formula is C20H24N2O3S. The maximum absolute atomic E-state index is 13.1. The van der Waals surface area contributed by atoms with Crippen molar-refractivity contribution in [2.24, 2.45) is 0 Å². The van der Waals surface area contributed by atoms with Gasteiger partial charge in [-0.05, 0) is 42.5 Å². The molecule has 2 aromatic carbocycles. The first-order chi connectivity index (χ1) is 12.4. The van der Waals surface area contributed by atoms with E-state index in [1.165, 1.54) is 16.5 Å². The zero-order valence-electron chi connectivity index (χ0n) is 15.1. The summed E-state index contributed by atoms with van der Waals surface area (Å²) in [5.74, 6) is -0.00540. The lowest BCUT2D eigenvalue weighted by molar-refractivity contribution is 0.0827. The zero-order valence-corrected chi connectivity index (χ0v) is 15.9. The minimum absolute atomic E-state index is 0.180. The molecule has 0 spiro atoms. The number of piperidine rings is 1. The second kappa shape index (κ2) is 7.60. The Morgan fingerprint density at radius 1 is 1.08 bits per heavy atom. The van der Waals surface area contributed by atoms with Crippen molar-refractivity contribution >= 4 is 15.9 Å². The third kappa shape index (κ3) is 3.81. The van der Waals surface area contributed by atoms with Crippen LogP contribution in [0, 0.1) is 0 Å². The van der Waals surface area contributed by atoms with Gasteiger partial charge >= 0.3 is 0 Å². The Hall–Kier alpha value is -2.18. The molecule has 0 unspecified atom stereocenters. The molecule has 26 heavy (non-hydrogen) atoms. The van der Waals surface area contributed by atoms with Gasteiger partial charge in [0.05, 0.1) is 4.90 Å². The average molecular weight is 372 g/mol. The van der Waals surface area contributed by atoms with Crippen LogP contribution in [0.3, 0.4) is 0 Å². The molecule has 0 saturated carbocycles. The van der Waals surface area contributed by atoms with E-state index >= 15 is 0 Å². The molecule has 5 nitrogen and oxygen atoms in total. The Morgan fingerprint density at radius 2 is 1.81 bits per heavy atom. The van der Waals surface area contributed by atoms with Crippen LogP contribution >= 0.6 is 0 Å². The summed E-state index contributed by atoms with van der Waals surface area (Å²) in [6.45, 7) is 0.982. The molecule has 1 fully saturated rings. The molecule has 3 rings (SSSR count). The highest BCUT2D eigenvalue weighted by Crippen LogP contribution is 2.30. The Kier molecular flexibility index (Phi) is 5.44. The van der Waals surface area contributed by atoms with Gasteiger partial charge < -0.3 is 4.90 Å². The molecule has 6 heteroatoms. The number of nitrogens with zero attached hydrogens (tertiary/aromatic N) is 2. The van der Waals surface area contributed by atoms with Crippen molar-refractivity contribution in [2.75, 3.05) is 27.2 Å². The first-order valence-electron chi connectivity index (χ1n) is 8.76. The van der Waals surface area contributed by atoms with Crippen molar-refractivity contribution in [3.8, 4) is 0 Å². The Balaban J connectivity index is 1.86. The van der Waals surface area contributed by atoms with Gasteiger partial charge in [0, 0.05) is 32.7 Å². The van der Waals surface area contributed by atoms with E-state index < -0.39 is 10.0 Å². The Morgan fingerprint density at radius 3 is 2.50 bits per heavy atom. The molecule has 0 bridgehead atoms. The molecule has 1 saturated heterocycles. The second-order valence-corrected chi connectivity index (χ2v) is 8.78. The number of hydrogen-bond acceptors (Lipinski definition) is 3.